The highest BCUT2D eigenvalue weighted by Gasteiger charge is 2.08. The molecule has 0 unspecified atom stereocenters. The Morgan fingerprint density at radius 1 is 1.39 bits per heavy atom. The number of hydrogen-bond donors (Lipinski definition) is 1. The van der Waals surface area contributed by atoms with E-state index >= 15 is 0 Å². The maximum Gasteiger partial charge on any atom is 0.251 e. The summed E-state index contributed by atoms with van der Waals surface area (Å²) in [6.07, 6.45) is 3.14. The van der Waals surface area contributed by atoms with Gasteiger partial charge < -0.3 is 5.73 Å². The Morgan fingerprint density at radius 3 is 2.94 bits per heavy atom. The molecule has 90 valence electrons. The number of aryl methyl sites for hydroxylation is 1. The lowest BCUT2D eigenvalue weighted by molar-refractivity contribution is 0.100. The van der Waals surface area contributed by atoms with Crippen molar-refractivity contribution in [1.82, 2.24) is 9.78 Å². The van der Waals surface area contributed by atoms with Crippen molar-refractivity contribution in [2.45, 2.75) is 6.92 Å². The molecule has 2 aromatic heterocycles. The van der Waals surface area contributed by atoms with Gasteiger partial charge in [-0.2, -0.15) is 5.10 Å². The van der Waals surface area contributed by atoms with Gasteiger partial charge >= 0.3 is 0 Å². The number of aromatic nitrogens is 2. The Bertz CT molecular complexity index is 742. The van der Waals surface area contributed by atoms with Gasteiger partial charge in [-0.3, -0.25) is 4.79 Å². The largest absolute Gasteiger partial charge is 0.366 e. The van der Waals surface area contributed by atoms with Gasteiger partial charge in [-0.15, -0.1) is 11.3 Å². The zero-order chi connectivity index (χ0) is 12.7. The predicted octanol–water partition coefficient (Wildman–Crippen LogP) is 2.49. The Hall–Kier alpha value is -2.14. The number of rotatable bonds is 2. The molecule has 0 bridgehead atoms. The number of fused-ring (bicyclic) bond motifs is 1. The van der Waals surface area contributed by atoms with Crippen molar-refractivity contribution in [2.75, 3.05) is 0 Å². The molecule has 0 radical (unpaired) electrons. The van der Waals surface area contributed by atoms with Crippen molar-refractivity contribution in [2.24, 2.45) is 5.73 Å². The number of carbonyl (C=O) groups is 1. The number of benzene rings is 1. The quantitative estimate of drug-likeness (QED) is 0.766. The molecule has 0 aliphatic rings. The lowest BCUT2D eigenvalue weighted by Crippen LogP contribution is -2.09. The van der Waals surface area contributed by atoms with Gasteiger partial charge in [0.1, 0.15) is 5.00 Å². The van der Waals surface area contributed by atoms with Crippen LogP contribution in [0, 0.1) is 6.92 Å². The molecule has 0 saturated carbocycles. The van der Waals surface area contributed by atoms with E-state index in [1.165, 1.54) is 21.8 Å². The van der Waals surface area contributed by atoms with Crippen LogP contribution in [0.1, 0.15) is 15.9 Å². The molecule has 1 aromatic carbocycles. The number of nitrogens with two attached hydrogens (primary N) is 1. The number of hydrogen-bond acceptors (Lipinski definition) is 3. The number of carbonyl (C=O) groups excluding carboxylic acids is 1. The van der Waals surface area contributed by atoms with E-state index in [0.717, 1.165) is 5.00 Å². The molecule has 4 nitrogen and oxygen atoms in total. The Balaban J connectivity index is 2.10. The minimum absolute atomic E-state index is 0.420. The van der Waals surface area contributed by atoms with Gasteiger partial charge in [-0.25, -0.2) is 4.68 Å². The third-order valence-electron chi connectivity index (χ3n) is 2.75. The summed E-state index contributed by atoms with van der Waals surface area (Å²) in [5.41, 5.74) is 6.86. The van der Waals surface area contributed by atoms with Gasteiger partial charge in [0.2, 0.25) is 0 Å². The van der Waals surface area contributed by atoms with E-state index in [4.69, 9.17) is 5.73 Å². The lowest BCUT2D eigenvalue weighted by atomic mass is 10.2. The highest BCUT2D eigenvalue weighted by molar-refractivity contribution is 7.21. The SMILES string of the molecule is Cc1ccc2sc(-n3cc(C(N)=O)cn3)cc2c1. The minimum Gasteiger partial charge on any atom is -0.366 e. The van der Waals surface area contributed by atoms with E-state index < -0.39 is 5.91 Å². The Kier molecular flexibility index (Phi) is 2.41. The van der Waals surface area contributed by atoms with Crippen LogP contribution in [-0.4, -0.2) is 15.7 Å². The topological polar surface area (TPSA) is 60.9 Å². The van der Waals surface area contributed by atoms with Crippen molar-refractivity contribution in [3.8, 4) is 5.00 Å². The van der Waals surface area contributed by atoms with Crippen LogP contribution in [0.2, 0.25) is 0 Å². The van der Waals surface area contributed by atoms with Crippen molar-refractivity contribution < 1.29 is 4.79 Å². The number of nitrogens with zero attached hydrogens (tertiary/aromatic N) is 2. The number of primary amides is 1. The monoisotopic (exact) mass is 257 g/mol. The summed E-state index contributed by atoms with van der Waals surface area (Å²) in [7, 11) is 0. The van der Waals surface area contributed by atoms with Crippen LogP contribution < -0.4 is 5.73 Å². The Morgan fingerprint density at radius 2 is 2.22 bits per heavy atom. The highest BCUT2D eigenvalue weighted by atomic mass is 32.1. The van der Waals surface area contributed by atoms with Gasteiger partial charge in [0.05, 0.1) is 11.8 Å². The summed E-state index contributed by atoms with van der Waals surface area (Å²) in [5.74, 6) is -0.460. The molecule has 5 heteroatoms. The third kappa shape index (κ3) is 1.78. The summed E-state index contributed by atoms with van der Waals surface area (Å²) < 4.78 is 2.88. The first-order valence-corrected chi connectivity index (χ1v) is 6.30. The van der Waals surface area contributed by atoms with Crippen molar-refractivity contribution in [3.05, 3.63) is 47.8 Å². The molecule has 2 N–H and O–H groups in total. The second-order valence-corrected chi connectivity index (χ2v) is 5.23. The van der Waals surface area contributed by atoms with E-state index in [0.29, 0.717) is 5.56 Å². The van der Waals surface area contributed by atoms with Crippen LogP contribution >= 0.6 is 11.3 Å². The summed E-state index contributed by atoms with van der Waals surface area (Å²) in [6.45, 7) is 2.07. The molecule has 0 aliphatic heterocycles. The van der Waals surface area contributed by atoms with Crippen LogP contribution in [0.5, 0.6) is 0 Å². The molecular formula is C13H11N3OS. The number of amides is 1. The van der Waals surface area contributed by atoms with Gasteiger partial charge in [0.15, 0.2) is 0 Å². The van der Waals surface area contributed by atoms with Crippen molar-refractivity contribution in [1.29, 1.82) is 0 Å². The molecule has 0 aliphatic carbocycles. The van der Waals surface area contributed by atoms with E-state index in [1.807, 2.05) is 0 Å². The molecule has 3 rings (SSSR count). The van der Waals surface area contributed by atoms with Crippen molar-refractivity contribution in [3.63, 3.8) is 0 Å². The molecule has 0 spiro atoms. The second kappa shape index (κ2) is 3.96. The summed E-state index contributed by atoms with van der Waals surface area (Å²) in [4.78, 5) is 11.0. The molecule has 2 heterocycles. The first kappa shape index (κ1) is 11.0. The van der Waals surface area contributed by atoms with Crippen LogP contribution in [0.25, 0.3) is 15.1 Å². The summed E-state index contributed by atoms with van der Waals surface area (Å²) >= 11 is 1.63. The minimum atomic E-state index is -0.460. The lowest BCUT2D eigenvalue weighted by Gasteiger charge is -1.92. The van der Waals surface area contributed by atoms with Gasteiger partial charge in [-0.05, 0) is 24.4 Å². The third-order valence-corrected chi connectivity index (χ3v) is 3.86. The maximum absolute atomic E-state index is 11.0. The standard InChI is InChI=1S/C13H11N3OS/c1-8-2-3-11-9(4-8)5-12(18-11)16-7-10(6-15-16)13(14)17/h2-7H,1H3,(H2,14,17). The smallest absolute Gasteiger partial charge is 0.251 e. The molecule has 0 saturated heterocycles. The fourth-order valence-electron chi connectivity index (χ4n) is 1.83. The summed E-state index contributed by atoms with van der Waals surface area (Å²) in [6, 6.07) is 8.37. The Labute approximate surface area is 108 Å². The van der Waals surface area contributed by atoms with Crippen LogP contribution in [0.15, 0.2) is 36.7 Å². The van der Waals surface area contributed by atoms with Crippen LogP contribution in [0.4, 0.5) is 0 Å². The molecular weight excluding hydrogens is 246 g/mol. The molecule has 18 heavy (non-hydrogen) atoms. The molecule has 0 fully saturated rings. The van der Waals surface area contributed by atoms with Crippen molar-refractivity contribution >= 4 is 27.3 Å². The average molecular weight is 257 g/mol. The number of thiophene rings is 1. The van der Waals surface area contributed by atoms with Gasteiger partial charge in [-0.1, -0.05) is 17.7 Å². The van der Waals surface area contributed by atoms with E-state index in [-0.39, 0.29) is 0 Å². The maximum atomic E-state index is 11.0. The van der Waals surface area contributed by atoms with E-state index in [2.05, 4.69) is 36.3 Å². The van der Waals surface area contributed by atoms with Crippen LogP contribution in [0.3, 0.4) is 0 Å². The average Bonchev–Trinajstić information content (AvgIpc) is 2.93. The first-order valence-electron chi connectivity index (χ1n) is 5.48. The molecule has 3 aromatic rings. The first-order chi connectivity index (χ1) is 8.63. The second-order valence-electron chi connectivity index (χ2n) is 4.16. The van der Waals surface area contributed by atoms with Crippen LogP contribution in [-0.2, 0) is 0 Å². The molecule has 0 atom stereocenters. The zero-order valence-corrected chi connectivity index (χ0v) is 10.6. The predicted molar refractivity (Wildman–Crippen MR) is 72.2 cm³/mol. The zero-order valence-electron chi connectivity index (χ0n) is 9.75. The van der Waals surface area contributed by atoms with Gasteiger partial charge in [0, 0.05) is 10.9 Å². The fourth-order valence-corrected chi connectivity index (χ4v) is 2.81. The fraction of sp³-hybridized carbons (Fsp3) is 0.0769. The van der Waals surface area contributed by atoms with Gasteiger partial charge in [0.25, 0.3) is 5.91 Å². The normalized spacial score (nSPS) is 10.9. The van der Waals surface area contributed by atoms with E-state index in [9.17, 15) is 4.79 Å². The highest BCUT2D eigenvalue weighted by Crippen LogP contribution is 2.28. The summed E-state index contributed by atoms with van der Waals surface area (Å²) in [5, 5.41) is 6.31. The molecule has 1 amide bonds. The van der Waals surface area contributed by atoms with E-state index in [1.54, 1.807) is 22.2 Å².